The third-order valence-electron chi connectivity index (χ3n) is 9.28. The van der Waals surface area contributed by atoms with Gasteiger partial charge in [0.15, 0.2) is 0 Å². The van der Waals surface area contributed by atoms with Gasteiger partial charge in [0.05, 0.1) is 69.0 Å². The average Bonchev–Trinajstić information content (AvgIpc) is 3.35. The molecule has 2 saturated heterocycles. The van der Waals surface area contributed by atoms with Crippen LogP contribution in [0, 0.1) is 6.92 Å². The van der Waals surface area contributed by atoms with Crippen molar-refractivity contribution in [2.24, 2.45) is 0 Å². The summed E-state index contributed by atoms with van der Waals surface area (Å²) in [5.41, 5.74) is 10.1. The third kappa shape index (κ3) is 9.43. The van der Waals surface area contributed by atoms with Crippen molar-refractivity contribution in [1.82, 2.24) is 15.1 Å². The number of nitrogens with zero attached hydrogens (tertiary/aromatic N) is 2. The van der Waals surface area contributed by atoms with Crippen molar-refractivity contribution < 1.29 is 42.9 Å². The van der Waals surface area contributed by atoms with E-state index in [1.807, 2.05) is 24.8 Å². The number of hydrogen-bond donors (Lipinski definition) is 3. The van der Waals surface area contributed by atoms with Gasteiger partial charge in [0.2, 0.25) is 17.7 Å². The second-order valence-electron chi connectivity index (χ2n) is 13.3. The molecule has 0 saturated carbocycles. The van der Waals surface area contributed by atoms with Crippen molar-refractivity contribution >= 4 is 40.9 Å². The van der Waals surface area contributed by atoms with E-state index in [4.69, 9.17) is 24.7 Å². The van der Waals surface area contributed by atoms with Crippen molar-refractivity contribution in [3.05, 3.63) is 52.6 Å². The number of piperidine rings is 2. The molecule has 2 fully saturated rings. The van der Waals surface area contributed by atoms with Crippen molar-refractivity contribution in [3.63, 3.8) is 0 Å². The van der Waals surface area contributed by atoms with Crippen LogP contribution in [0.25, 0.3) is 0 Å². The number of nitrogens with one attached hydrogen (secondary N) is 2. The zero-order valence-corrected chi connectivity index (χ0v) is 29.7. The van der Waals surface area contributed by atoms with Crippen LogP contribution in [0.5, 0.6) is 5.75 Å². The third-order valence-corrected chi connectivity index (χ3v) is 9.28. The fourth-order valence-electron chi connectivity index (χ4n) is 6.74. The maximum atomic E-state index is 13.2. The van der Waals surface area contributed by atoms with E-state index < -0.39 is 29.7 Å². The van der Waals surface area contributed by atoms with Crippen LogP contribution in [0.1, 0.15) is 83.7 Å². The Morgan fingerprint density at radius 1 is 0.941 bits per heavy atom. The Labute approximate surface area is 298 Å². The van der Waals surface area contributed by atoms with Gasteiger partial charge in [0.1, 0.15) is 11.8 Å². The second kappa shape index (κ2) is 17.6. The minimum Gasteiger partial charge on any atom is -0.489 e. The number of anilines is 2. The van der Waals surface area contributed by atoms with Crippen LogP contribution in [0.4, 0.5) is 11.4 Å². The zero-order valence-electron chi connectivity index (χ0n) is 29.7. The molecular formula is C37H49N5O9. The van der Waals surface area contributed by atoms with Crippen LogP contribution in [-0.4, -0.2) is 111 Å². The molecule has 3 aliphatic heterocycles. The number of aryl methyl sites for hydroxylation is 1. The molecule has 5 amide bonds. The van der Waals surface area contributed by atoms with E-state index in [9.17, 15) is 24.0 Å². The lowest BCUT2D eigenvalue weighted by Crippen LogP contribution is -2.54. The Morgan fingerprint density at radius 2 is 1.63 bits per heavy atom. The maximum absolute atomic E-state index is 13.2. The normalized spacial score (nSPS) is 18.0. The lowest BCUT2D eigenvalue weighted by Gasteiger charge is -2.33. The number of carbonyl (C=O) groups is 5. The van der Waals surface area contributed by atoms with Gasteiger partial charge in [-0.15, -0.1) is 0 Å². The molecule has 1 unspecified atom stereocenters. The topological polar surface area (TPSA) is 179 Å². The highest BCUT2D eigenvalue weighted by molar-refractivity contribution is 6.25. The molecule has 14 heteroatoms. The Hall–Kier alpha value is -4.53. The van der Waals surface area contributed by atoms with E-state index >= 15 is 0 Å². The number of benzene rings is 2. The fourth-order valence-corrected chi connectivity index (χ4v) is 6.74. The summed E-state index contributed by atoms with van der Waals surface area (Å²) in [6, 6.07) is 7.94. The van der Waals surface area contributed by atoms with Crippen LogP contribution in [0.3, 0.4) is 0 Å². The van der Waals surface area contributed by atoms with E-state index in [0.29, 0.717) is 83.0 Å². The maximum Gasteiger partial charge on any atom is 0.264 e. The van der Waals surface area contributed by atoms with Crippen LogP contribution < -0.4 is 21.1 Å². The lowest BCUT2D eigenvalue weighted by atomic mass is 9.86. The predicted molar refractivity (Wildman–Crippen MR) is 189 cm³/mol. The highest BCUT2D eigenvalue weighted by Gasteiger charge is 2.45. The molecule has 276 valence electrons. The highest BCUT2D eigenvalue weighted by Crippen LogP contribution is 2.36. The number of nitrogen functional groups attached to an aromatic ring is 1. The van der Waals surface area contributed by atoms with E-state index in [1.54, 1.807) is 18.2 Å². The van der Waals surface area contributed by atoms with E-state index in [2.05, 4.69) is 23.6 Å². The standard InChI is InChI=1S/C37H49N5O9/c1-23(2)51-31-22-27(24(3)21-28(31)38)25-9-13-41(14-10-25)33(44)11-15-48-17-19-50-20-18-49-16-12-39-29-6-4-5-26-34(29)37(47)42(36(26)46)30-7-8-32(43)40-35(30)45/h4-6,21-23,25,30,39H,7-20,38H2,1-3H3,(H,40,43,45). The van der Waals surface area contributed by atoms with Gasteiger partial charge in [-0.05, 0) is 81.3 Å². The quantitative estimate of drug-likeness (QED) is 0.125. The van der Waals surface area contributed by atoms with Gasteiger partial charge in [-0.25, -0.2) is 0 Å². The SMILES string of the molecule is Cc1cc(N)c(OC(C)C)cc1C1CCN(C(=O)CCOCCOCCOCCNc2cccc3c2C(=O)N(C2CCC(=O)NC2=O)C3=O)CC1. The molecular weight excluding hydrogens is 658 g/mol. The fraction of sp³-hybridized carbons (Fsp3) is 0.541. The summed E-state index contributed by atoms with van der Waals surface area (Å²) in [6.45, 7) is 9.96. The molecule has 51 heavy (non-hydrogen) atoms. The van der Waals surface area contributed by atoms with E-state index in [-0.39, 0.29) is 36.0 Å². The largest absolute Gasteiger partial charge is 0.489 e. The molecule has 3 heterocycles. The molecule has 1 atom stereocenters. The molecule has 0 spiro atoms. The molecule has 2 aromatic carbocycles. The first-order valence-corrected chi connectivity index (χ1v) is 17.7. The molecule has 3 aliphatic rings. The smallest absolute Gasteiger partial charge is 0.264 e. The van der Waals surface area contributed by atoms with Crippen LogP contribution in [-0.2, 0) is 28.6 Å². The van der Waals surface area contributed by atoms with Gasteiger partial charge in [-0.2, -0.15) is 0 Å². The number of rotatable bonds is 17. The second-order valence-corrected chi connectivity index (χ2v) is 13.3. The number of fused-ring (bicyclic) bond motifs is 1. The molecule has 14 nitrogen and oxygen atoms in total. The van der Waals surface area contributed by atoms with Gasteiger partial charge >= 0.3 is 0 Å². The number of ether oxygens (including phenoxy) is 4. The molecule has 0 radical (unpaired) electrons. The van der Waals surface area contributed by atoms with Crippen molar-refractivity contribution in [2.75, 3.05) is 70.3 Å². The van der Waals surface area contributed by atoms with Gasteiger partial charge in [0.25, 0.3) is 11.8 Å². The molecule has 5 rings (SSSR count). The molecule has 0 aromatic heterocycles. The molecule has 4 N–H and O–H groups in total. The number of carbonyl (C=O) groups excluding carboxylic acids is 5. The van der Waals surface area contributed by atoms with Crippen molar-refractivity contribution in [1.29, 1.82) is 0 Å². The summed E-state index contributed by atoms with van der Waals surface area (Å²) in [5.74, 6) is -1.00. The Balaban J connectivity index is 0.907. The minimum atomic E-state index is -1.01. The average molecular weight is 708 g/mol. The summed E-state index contributed by atoms with van der Waals surface area (Å²) in [7, 11) is 0. The van der Waals surface area contributed by atoms with Gasteiger partial charge in [-0.3, -0.25) is 34.2 Å². The highest BCUT2D eigenvalue weighted by atomic mass is 16.5. The van der Waals surface area contributed by atoms with E-state index in [0.717, 1.165) is 29.1 Å². The first-order chi connectivity index (χ1) is 24.5. The van der Waals surface area contributed by atoms with Crippen LogP contribution >= 0.6 is 0 Å². The van der Waals surface area contributed by atoms with E-state index in [1.165, 1.54) is 5.56 Å². The van der Waals surface area contributed by atoms with Gasteiger partial charge in [0, 0.05) is 31.7 Å². The molecule has 2 aromatic rings. The number of nitrogens with two attached hydrogens (primary N) is 1. The summed E-state index contributed by atoms with van der Waals surface area (Å²) >= 11 is 0. The van der Waals surface area contributed by atoms with Crippen molar-refractivity contribution in [2.45, 2.75) is 70.9 Å². The lowest BCUT2D eigenvalue weighted by molar-refractivity contribution is -0.136. The summed E-state index contributed by atoms with van der Waals surface area (Å²) in [6.07, 6.45) is 2.32. The number of imide groups is 2. The summed E-state index contributed by atoms with van der Waals surface area (Å²) < 4.78 is 22.7. The Kier molecular flexibility index (Phi) is 13.0. The molecule has 0 bridgehead atoms. The van der Waals surface area contributed by atoms with Gasteiger partial charge in [-0.1, -0.05) is 6.07 Å². The number of amides is 5. The monoisotopic (exact) mass is 707 g/mol. The zero-order chi connectivity index (χ0) is 36.5. The first kappa shape index (κ1) is 37.7. The van der Waals surface area contributed by atoms with Gasteiger partial charge < -0.3 is 34.9 Å². The van der Waals surface area contributed by atoms with Crippen LogP contribution in [0.2, 0.25) is 0 Å². The Morgan fingerprint density at radius 3 is 2.31 bits per heavy atom. The summed E-state index contributed by atoms with van der Waals surface area (Å²) in [4.78, 5) is 65.6. The Bertz CT molecular complexity index is 1600. The summed E-state index contributed by atoms with van der Waals surface area (Å²) in [5, 5.41) is 5.34. The first-order valence-electron chi connectivity index (χ1n) is 17.7. The number of likely N-dealkylation sites (tertiary alicyclic amines) is 1. The minimum absolute atomic E-state index is 0.0448. The number of hydrogen-bond acceptors (Lipinski definition) is 11. The van der Waals surface area contributed by atoms with Crippen molar-refractivity contribution in [3.8, 4) is 5.75 Å². The van der Waals surface area contributed by atoms with Crippen LogP contribution in [0.15, 0.2) is 30.3 Å². The molecule has 0 aliphatic carbocycles. The predicted octanol–water partition coefficient (Wildman–Crippen LogP) is 3.02.